The number of nitrogens with two attached hydrogens (primary N) is 2. The number of halogens is 7. The van der Waals surface area contributed by atoms with Gasteiger partial charge in [-0.05, 0) is 35.9 Å². The Bertz CT molecular complexity index is 1170. The molecule has 176 valence electrons. The number of pyridine rings is 1. The molecule has 0 bridgehead atoms. The Kier molecular flexibility index (Phi) is 6.63. The summed E-state index contributed by atoms with van der Waals surface area (Å²) in [4.78, 5) is 3.83. The van der Waals surface area contributed by atoms with Crippen molar-refractivity contribution < 1.29 is 35.5 Å². The Balaban J connectivity index is 2.04. The second kappa shape index (κ2) is 9.10. The topological polar surface area (TPSA) is 89.8 Å². The Hall–Kier alpha value is -3.61. The summed E-state index contributed by atoms with van der Waals surface area (Å²) in [6, 6.07) is 7.09. The normalized spacial score (nSPS) is 13.5. The van der Waals surface area contributed by atoms with Crippen LogP contribution >= 0.6 is 0 Å². The first-order chi connectivity index (χ1) is 15.4. The Morgan fingerprint density at radius 3 is 2.39 bits per heavy atom. The molecule has 0 spiro atoms. The molecular weight excluding hydrogens is 459 g/mol. The van der Waals surface area contributed by atoms with Crippen LogP contribution < -0.4 is 16.4 Å². The maximum atomic E-state index is 15.6. The zero-order chi connectivity index (χ0) is 24.4. The third-order valence-corrected chi connectivity index (χ3v) is 4.62. The van der Waals surface area contributed by atoms with E-state index in [9.17, 15) is 22.0 Å². The molecule has 13 heteroatoms. The summed E-state index contributed by atoms with van der Waals surface area (Å²) in [5.74, 6) is 1.99. The van der Waals surface area contributed by atoms with E-state index in [1.165, 1.54) is 0 Å². The van der Waals surface area contributed by atoms with Gasteiger partial charge in [0.2, 0.25) is 0 Å². The number of fused-ring (bicyclic) bond motifs is 1. The first kappa shape index (κ1) is 24.0. The molecule has 0 aliphatic rings. The number of hydrogen-bond acceptors (Lipinski definition) is 5. The van der Waals surface area contributed by atoms with Gasteiger partial charge in [-0.15, -0.1) is 13.2 Å². The number of ether oxygens (including phenoxy) is 1. The van der Waals surface area contributed by atoms with Crippen LogP contribution in [0, 0.1) is 11.6 Å². The van der Waals surface area contributed by atoms with Crippen molar-refractivity contribution in [3.63, 3.8) is 0 Å². The van der Waals surface area contributed by atoms with Gasteiger partial charge in [0.1, 0.15) is 29.4 Å². The molecule has 2 aromatic carbocycles. The summed E-state index contributed by atoms with van der Waals surface area (Å²) >= 11 is 0. The van der Waals surface area contributed by atoms with Crippen molar-refractivity contribution in [1.29, 1.82) is 0 Å². The van der Waals surface area contributed by atoms with Crippen LogP contribution in [0.5, 0.6) is 5.75 Å². The lowest BCUT2D eigenvalue weighted by Crippen LogP contribution is -2.40. The molecular formula is C20H16F7N5O. The zero-order valence-corrected chi connectivity index (χ0v) is 16.5. The Labute approximate surface area is 182 Å². The van der Waals surface area contributed by atoms with E-state index in [1.807, 2.05) is 0 Å². The van der Waals surface area contributed by atoms with E-state index in [0.29, 0.717) is 11.1 Å². The third kappa shape index (κ3) is 5.61. The first-order valence-electron chi connectivity index (χ1n) is 9.15. The smallest absolute Gasteiger partial charge is 0.406 e. The SMILES string of the molecule is N/N=C\N(N)CC(c1ccc(F)cc1F)C(F)(F)c1ccc2cc(OC(F)(F)F)ccc2n1. The number of alkyl halides is 5. The number of hydrazone groups is 1. The predicted molar refractivity (Wildman–Crippen MR) is 105 cm³/mol. The molecule has 0 saturated carbocycles. The molecule has 3 rings (SSSR count). The average molecular weight is 475 g/mol. The molecule has 0 saturated heterocycles. The van der Waals surface area contributed by atoms with Crippen LogP contribution in [0.4, 0.5) is 30.7 Å². The van der Waals surface area contributed by atoms with E-state index in [1.54, 1.807) is 0 Å². The number of benzene rings is 2. The lowest BCUT2D eigenvalue weighted by molar-refractivity contribution is -0.274. The highest BCUT2D eigenvalue weighted by atomic mass is 19.4. The number of hydrazine groups is 1. The molecule has 0 fully saturated rings. The number of rotatable bonds is 7. The van der Waals surface area contributed by atoms with E-state index in [2.05, 4.69) is 14.8 Å². The van der Waals surface area contributed by atoms with Gasteiger partial charge in [0.05, 0.1) is 11.4 Å². The molecule has 33 heavy (non-hydrogen) atoms. The van der Waals surface area contributed by atoms with Gasteiger partial charge in [-0.1, -0.05) is 12.1 Å². The molecule has 1 unspecified atom stereocenters. The van der Waals surface area contributed by atoms with Crippen LogP contribution in [-0.4, -0.2) is 29.2 Å². The summed E-state index contributed by atoms with van der Waals surface area (Å²) in [5, 5.41) is 3.91. The van der Waals surface area contributed by atoms with Crippen LogP contribution in [-0.2, 0) is 5.92 Å². The molecule has 1 heterocycles. The molecule has 0 amide bonds. The highest BCUT2D eigenvalue weighted by Gasteiger charge is 2.45. The third-order valence-electron chi connectivity index (χ3n) is 4.62. The summed E-state index contributed by atoms with van der Waals surface area (Å²) in [5.41, 5.74) is -1.42. The molecule has 6 nitrogen and oxygen atoms in total. The second-order valence-electron chi connectivity index (χ2n) is 6.90. The van der Waals surface area contributed by atoms with Gasteiger partial charge in [0.25, 0.3) is 5.92 Å². The summed E-state index contributed by atoms with van der Waals surface area (Å²) in [6.45, 7) is -0.686. The Morgan fingerprint density at radius 1 is 1.03 bits per heavy atom. The van der Waals surface area contributed by atoms with Gasteiger partial charge in [-0.25, -0.2) is 19.6 Å². The summed E-state index contributed by atoms with van der Waals surface area (Å²) in [6.07, 6.45) is -4.10. The maximum Gasteiger partial charge on any atom is 0.573 e. The number of nitrogens with zero attached hydrogens (tertiary/aromatic N) is 3. The predicted octanol–water partition coefficient (Wildman–Crippen LogP) is 4.36. The molecule has 0 aliphatic heterocycles. The van der Waals surface area contributed by atoms with Crippen LogP contribution in [0.3, 0.4) is 0 Å². The molecule has 0 radical (unpaired) electrons. The van der Waals surface area contributed by atoms with E-state index in [-0.39, 0.29) is 10.9 Å². The highest BCUT2D eigenvalue weighted by molar-refractivity contribution is 5.80. The Morgan fingerprint density at radius 2 is 1.76 bits per heavy atom. The van der Waals surface area contributed by atoms with Crippen molar-refractivity contribution in [3.05, 3.63) is 71.4 Å². The van der Waals surface area contributed by atoms with Crippen molar-refractivity contribution in [2.24, 2.45) is 16.8 Å². The average Bonchev–Trinajstić information content (AvgIpc) is 2.71. The molecule has 4 N–H and O–H groups in total. The second-order valence-corrected chi connectivity index (χ2v) is 6.90. The summed E-state index contributed by atoms with van der Waals surface area (Å²) in [7, 11) is 0. The lowest BCUT2D eigenvalue weighted by Gasteiger charge is -2.30. The van der Waals surface area contributed by atoms with Gasteiger partial charge >= 0.3 is 6.36 Å². The zero-order valence-electron chi connectivity index (χ0n) is 16.5. The molecule has 0 aliphatic carbocycles. The van der Waals surface area contributed by atoms with Crippen molar-refractivity contribution in [2.45, 2.75) is 18.2 Å². The van der Waals surface area contributed by atoms with E-state index < -0.39 is 53.4 Å². The van der Waals surface area contributed by atoms with E-state index >= 15 is 8.78 Å². The van der Waals surface area contributed by atoms with Crippen LogP contribution in [0.1, 0.15) is 17.2 Å². The fourth-order valence-electron chi connectivity index (χ4n) is 3.20. The van der Waals surface area contributed by atoms with Crippen molar-refractivity contribution in [2.75, 3.05) is 6.54 Å². The molecule has 1 aromatic heterocycles. The van der Waals surface area contributed by atoms with E-state index in [4.69, 9.17) is 11.7 Å². The standard InChI is InChI=1S/C20H16F7N5O/c21-12-2-4-14(16(22)8-12)15(9-32(29)10-30-28)19(23,24)18-6-1-11-7-13(33-20(25,26)27)3-5-17(11)31-18/h1-8,10,15H,9,28-29H2/b30-10-. The van der Waals surface area contributed by atoms with Crippen molar-refractivity contribution >= 4 is 17.2 Å². The summed E-state index contributed by atoms with van der Waals surface area (Å²) < 4.78 is 99.9. The lowest BCUT2D eigenvalue weighted by atomic mass is 9.89. The fraction of sp³-hybridized carbons (Fsp3) is 0.200. The minimum atomic E-state index is -4.93. The van der Waals surface area contributed by atoms with Crippen LogP contribution in [0.2, 0.25) is 0 Å². The quantitative estimate of drug-likeness (QED) is 0.174. The first-order valence-corrected chi connectivity index (χ1v) is 9.15. The fourth-order valence-corrected chi connectivity index (χ4v) is 3.20. The van der Waals surface area contributed by atoms with Gasteiger partial charge in [0.15, 0.2) is 0 Å². The maximum absolute atomic E-state index is 15.6. The van der Waals surface area contributed by atoms with Crippen molar-refractivity contribution in [3.8, 4) is 5.75 Å². The van der Waals surface area contributed by atoms with E-state index in [0.717, 1.165) is 48.8 Å². The largest absolute Gasteiger partial charge is 0.573 e. The van der Waals surface area contributed by atoms with Crippen LogP contribution in [0.15, 0.2) is 53.6 Å². The minimum Gasteiger partial charge on any atom is -0.406 e. The number of aromatic nitrogens is 1. The molecule has 3 aromatic rings. The van der Waals surface area contributed by atoms with Gasteiger partial charge in [-0.3, -0.25) is 5.01 Å². The van der Waals surface area contributed by atoms with Gasteiger partial charge in [-0.2, -0.15) is 13.9 Å². The van der Waals surface area contributed by atoms with Gasteiger partial charge < -0.3 is 10.6 Å². The monoisotopic (exact) mass is 475 g/mol. The minimum absolute atomic E-state index is 0.0619. The van der Waals surface area contributed by atoms with Crippen LogP contribution in [0.25, 0.3) is 10.9 Å². The van der Waals surface area contributed by atoms with Gasteiger partial charge in [0, 0.05) is 18.0 Å². The molecule has 1 atom stereocenters. The van der Waals surface area contributed by atoms with Crippen molar-refractivity contribution in [1.82, 2.24) is 9.99 Å². The number of hydrogen-bond donors (Lipinski definition) is 2. The highest BCUT2D eigenvalue weighted by Crippen LogP contribution is 2.43.